The van der Waals surface area contributed by atoms with E-state index in [1.54, 1.807) is 0 Å². The summed E-state index contributed by atoms with van der Waals surface area (Å²) in [5.41, 5.74) is -0.0937. The van der Waals surface area contributed by atoms with Gasteiger partial charge in [0.05, 0.1) is 11.4 Å². The number of amides is 1. The van der Waals surface area contributed by atoms with Gasteiger partial charge in [-0.15, -0.1) is 11.8 Å². The average molecular weight is 269 g/mol. The smallest absolute Gasteiger partial charge is 0.327 e. The molecule has 0 saturated carbocycles. The van der Waals surface area contributed by atoms with Crippen LogP contribution in [0, 0.1) is 0 Å². The maximum atomic E-state index is 12.1. The lowest BCUT2D eigenvalue weighted by Gasteiger charge is -2.20. The number of benzene rings is 1. The van der Waals surface area contributed by atoms with Crippen molar-refractivity contribution in [2.24, 2.45) is 0 Å². The monoisotopic (exact) mass is 269 g/mol. The quantitative estimate of drug-likeness (QED) is 0.684. The van der Waals surface area contributed by atoms with E-state index in [1.807, 2.05) is 0 Å². The zero-order valence-corrected chi connectivity index (χ0v) is 10.1. The number of thioether (sulfide) groups is 1. The van der Waals surface area contributed by atoms with Crippen LogP contribution in [0.25, 0.3) is 0 Å². The molecule has 2 rings (SSSR count). The van der Waals surface area contributed by atoms with E-state index in [4.69, 9.17) is 5.11 Å². The van der Waals surface area contributed by atoms with Gasteiger partial charge in [0.2, 0.25) is 0 Å². The van der Waals surface area contributed by atoms with Crippen LogP contribution in [0.4, 0.5) is 0 Å². The predicted molar refractivity (Wildman–Crippen MR) is 64.7 cm³/mol. The summed E-state index contributed by atoms with van der Waals surface area (Å²) in [5.74, 6) is -1.53. The molecule has 3 N–H and O–H groups in total. The van der Waals surface area contributed by atoms with Gasteiger partial charge in [-0.05, 0) is 18.2 Å². The Labute approximate surface area is 107 Å². The van der Waals surface area contributed by atoms with Crippen LogP contribution in [-0.4, -0.2) is 49.8 Å². The Hall–Kier alpha value is -1.89. The zero-order valence-electron chi connectivity index (χ0n) is 9.24. The van der Waals surface area contributed by atoms with Gasteiger partial charge in [0.1, 0.15) is 17.5 Å². The van der Waals surface area contributed by atoms with E-state index >= 15 is 0 Å². The molecule has 0 bridgehead atoms. The van der Waals surface area contributed by atoms with Crippen LogP contribution >= 0.6 is 11.8 Å². The molecule has 96 valence electrons. The van der Waals surface area contributed by atoms with Crippen LogP contribution in [0.2, 0.25) is 0 Å². The number of carbonyl (C=O) groups excluding carboxylic acids is 1. The van der Waals surface area contributed by atoms with Gasteiger partial charge in [-0.25, -0.2) is 4.79 Å². The molecule has 6 nitrogen and oxygen atoms in total. The van der Waals surface area contributed by atoms with E-state index in [1.165, 1.54) is 28.8 Å². The molecule has 0 aromatic heterocycles. The van der Waals surface area contributed by atoms with Gasteiger partial charge in [-0.2, -0.15) is 0 Å². The maximum Gasteiger partial charge on any atom is 0.327 e. The average Bonchev–Trinajstić information content (AvgIpc) is 2.80. The van der Waals surface area contributed by atoms with Crippen LogP contribution in [-0.2, 0) is 4.79 Å². The third-order valence-corrected chi connectivity index (χ3v) is 3.65. The molecule has 1 aromatic rings. The summed E-state index contributed by atoms with van der Waals surface area (Å²) in [6.45, 7) is 0. The second-order valence-electron chi connectivity index (χ2n) is 3.83. The molecular weight excluding hydrogens is 258 g/mol. The van der Waals surface area contributed by atoms with E-state index in [2.05, 4.69) is 0 Å². The molecule has 1 aliphatic rings. The van der Waals surface area contributed by atoms with E-state index in [9.17, 15) is 19.8 Å². The molecule has 0 radical (unpaired) electrons. The molecule has 1 aliphatic heterocycles. The second-order valence-corrected chi connectivity index (χ2v) is 4.83. The Kier molecular flexibility index (Phi) is 3.33. The number of aromatic hydroxyl groups is 2. The van der Waals surface area contributed by atoms with Crippen molar-refractivity contribution in [2.45, 2.75) is 6.04 Å². The Balaban J connectivity index is 2.31. The van der Waals surface area contributed by atoms with Gasteiger partial charge < -0.3 is 20.2 Å². The fourth-order valence-corrected chi connectivity index (χ4v) is 2.84. The zero-order chi connectivity index (χ0) is 13.3. The highest BCUT2D eigenvalue weighted by molar-refractivity contribution is 7.99. The first kappa shape index (κ1) is 12.6. The second kappa shape index (κ2) is 4.77. The Morgan fingerprint density at radius 2 is 2.06 bits per heavy atom. The molecule has 7 heteroatoms. The van der Waals surface area contributed by atoms with Crippen molar-refractivity contribution in [3.05, 3.63) is 23.8 Å². The first-order chi connectivity index (χ1) is 8.50. The SMILES string of the molecule is O=C(O)C1CSCN1C(=O)c1cc(O)ccc1O. The molecule has 0 aliphatic carbocycles. The molecule has 1 unspecified atom stereocenters. The molecule has 18 heavy (non-hydrogen) atoms. The number of rotatable bonds is 2. The summed E-state index contributed by atoms with van der Waals surface area (Å²) in [6.07, 6.45) is 0. The molecule has 1 atom stereocenters. The van der Waals surface area contributed by atoms with Crippen LogP contribution in [0.5, 0.6) is 11.5 Å². The molecule has 1 fully saturated rings. The van der Waals surface area contributed by atoms with Crippen molar-refractivity contribution in [3.8, 4) is 11.5 Å². The van der Waals surface area contributed by atoms with Crippen molar-refractivity contribution < 1.29 is 24.9 Å². The minimum Gasteiger partial charge on any atom is -0.508 e. The van der Waals surface area contributed by atoms with Crippen molar-refractivity contribution >= 4 is 23.6 Å². The highest BCUT2D eigenvalue weighted by Gasteiger charge is 2.35. The Bertz CT molecular complexity index is 504. The van der Waals surface area contributed by atoms with Gasteiger partial charge in [-0.1, -0.05) is 0 Å². The largest absolute Gasteiger partial charge is 0.508 e. The molecule has 1 aromatic carbocycles. The number of phenolic OH excluding ortho intramolecular Hbond substituents is 2. The number of aliphatic carboxylic acids is 1. The molecule has 1 heterocycles. The third-order valence-electron chi connectivity index (χ3n) is 2.64. The molecular formula is C11H11NO5S. The Morgan fingerprint density at radius 3 is 2.72 bits per heavy atom. The summed E-state index contributed by atoms with van der Waals surface area (Å²) in [6, 6.07) is 2.67. The van der Waals surface area contributed by atoms with Crippen molar-refractivity contribution in [1.82, 2.24) is 4.90 Å². The van der Waals surface area contributed by atoms with Gasteiger partial charge >= 0.3 is 5.97 Å². The van der Waals surface area contributed by atoms with Crippen molar-refractivity contribution in [3.63, 3.8) is 0 Å². The lowest BCUT2D eigenvalue weighted by Crippen LogP contribution is -2.41. The first-order valence-corrected chi connectivity index (χ1v) is 6.29. The highest BCUT2D eigenvalue weighted by Crippen LogP contribution is 2.28. The lowest BCUT2D eigenvalue weighted by atomic mass is 10.1. The number of hydrogen-bond donors (Lipinski definition) is 3. The number of hydrogen-bond acceptors (Lipinski definition) is 5. The van der Waals surface area contributed by atoms with Crippen molar-refractivity contribution in [1.29, 1.82) is 0 Å². The van der Waals surface area contributed by atoms with E-state index in [0.29, 0.717) is 5.75 Å². The fraction of sp³-hybridized carbons (Fsp3) is 0.273. The number of carbonyl (C=O) groups is 2. The number of carboxylic acids is 1. The first-order valence-electron chi connectivity index (χ1n) is 5.14. The number of carboxylic acid groups (broad SMARTS) is 1. The summed E-state index contributed by atoms with van der Waals surface area (Å²) in [7, 11) is 0. The normalized spacial score (nSPS) is 18.9. The van der Waals surface area contributed by atoms with Crippen LogP contribution in [0.1, 0.15) is 10.4 Å². The van der Waals surface area contributed by atoms with Gasteiger partial charge in [0.25, 0.3) is 5.91 Å². The third kappa shape index (κ3) is 2.21. The van der Waals surface area contributed by atoms with Crippen LogP contribution in [0.3, 0.4) is 0 Å². The van der Waals surface area contributed by atoms with Crippen molar-refractivity contribution in [2.75, 3.05) is 11.6 Å². The van der Waals surface area contributed by atoms with E-state index < -0.39 is 17.9 Å². The van der Waals surface area contributed by atoms with Gasteiger partial charge in [0.15, 0.2) is 0 Å². The topological polar surface area (TPSA) is 98.1 Å². The van der Waals surface area contributed by atoms with Crippen LogP contribution in [0.15, 0.2) is 18.2 Å². The predicted octanol–water partition coefficient (Wildman–Crippen LogP) is 0.697. The number of phenols is 2. The highest BCUT2D eigenvalue weighted by atomic mass is 32.2. The molecule has 1 saturated heterocycles. The van der Waals surface area contributed by atoms with E-state index in [0.717, 1.165) is 6.07 Å². The number of nitrogens with zero attached hydrogens (tertiary/aromatic N) is 1. The Morgan fingerprint density at radius 1 is 1.33 bits per heavy atom. The summed E-state index contributed by atoms with van der Waals surface area (Å²) in [4.78, 5) is 24.3. The van der Waals surface area contributed by atoms with Gasteiger partial charge in [0, 0.05) is 5.75 Å². The van der Waals surface area contributed by atoms with Gasteiger partial charge in [-0.3, -0.25) is 4.79 Å². The molecule has 1 amide bonds. The standard InChI is InChI=1S/C11H11NO5S/c13-6-1-2-9(14)7(3-6)10(15)12-5-18-4-8(12)11(16)17/h1-3,8,13-14H,4-5H2,(H,16,17). The molecule has 0 spiro atoms. The van der Waals surface area contributed by atoms with Crippen LogP contribution < -0.4 is 0 Å². The maximum absolute atomic E-state index is 12.1. The van der Waals surface area contributed by atoms with E-state index in [-0.39, 0.29) is 22.9 Å². The fourth-order valence-electron chi connectivity index (χ4n) is 1.70. The minimum absolute atomic E-state index is 0.0937. The summed E-state index contributed by atoms with van der Waals surface area (Å²) < 4.78 is 0. The minimum atomic E-state index is -1.08. The summed E-state index contributed by atoms with van der Waals surface area (Å²) in [5, 5.41) is 27.9. The lowest BCUT2D eigenvalue weighted by molar-refractivity contribution is -0.140. The summed E-state index contributed by atoms with van der Waals surface area (Å²) >= 11 is 1.33.